The molecule has 7 nitrogen and oxygen atoms in total. The first kappa shape index (κ1) is 12.5. The van der Waals surface area contributed by atoms with Crippen LogP contribution in [0.15, 0.2) is 12.7 Å². The summed E-state index contributed by atoms with van der Waals surface area (Å²) in [4.78, 5) is 26.2. The molecule has 0 spiro atoms. The molecular formula is C11H16N4O3. The lowest BCUT2D eigenvalue weighted by atomic mass is 10.1. The number of carbonyl (C=O) groups is 2. The van der Waals surface area contributed by atoms with Crippen LogP contribution in [0.3, 0.4) is 0 Å². The molecule has 2 rings (SSSR count). The first-order valence-corrected chi connectivity index (χ1v) is 5.99. The molecule has 18 heavy (non-hydrogen) atoms. The summed E-state index contributed by atoms with van der Waals surface area (Å²) >= 11 is 0. The summed E-state index contributed by atoms with van der Waals surface area (Å²) in [6.07, 6.45) is 5.23. The lowest BCUT2D eigenvalue weighted by Gasteiger charge is -2.12. The Labute approximate surface area is 104 Å². The Morgan fingerprint density at radius 3 is 2.89 bits per heavy atom. The number of hydrogen-bond acceptors (Lipinski definition) is 4. The van der Waals surface area contributed by atoms with Gasteiger partial charge in [0.2, 0.25) is 5.91 Å². The van der Waals surface area contributed by atoms with E-state index >= 15 is 0 Å². The smallest absolute Gasteiger partial charge is 0.306 e. The van der Waals surface area contributed by atoms with Crippen LogP contribution in [0.4, 0.5) is 0 Å². The van der Waals surface area contributed by atoms with E-state index in [0.717, 1.165) is 6.42 Å². The van der Waals surface area contributed by atoms with Crippen LogP contribution in [0.25, 0.3) is 0 Å². The topological polar surface area (TPSA) is 97.1 Å². The van der Waals surface area contributed by atoms with Crippen molar-refractivity contribution in [2.75, 3.05) is 0 Å². The highest BCUT2D eigenvalue weighted by molar-refractivity contribution is 5.76. The van der Waals surface area contributed by atoms with Crippen LogP contribution < -0.4 is 5.32 Å². The van der Waals surface area contributed by atoms with E-state index in [1.807, 2.05) is 0 Å². The summed E-state index contributed by atoms with van der Waals surface area (Å²) in [6.45, 7) is 0.487. The third kappa shape index (κ3) is 3.28. The third-order valence-electron chi connectivity index (χ3n) is 3.18. The van der Waals surface area contributed by atoms with Gasteiger partial charge < -0.3 is 10.4 Å². The minimum atomic E-state index is -0.769. The lowest BCUT2D eigenvalue weighted by Crippen LogP contribution is -2.33. The Hall–Kier alpha value is -1.92. The monoisotopic (exact) mass is 252 g/mol. The number of nitrogens with one attached hydrogen (secondary N) is 1. The zero-order valence-electron chi connectivity index (χ0n) is 9.95. The number of aryl methyl sites for hydroxylation is 1. The van der Waals surface area contributed by atoms with Gasteiger partial charge in [-0.25, -0.2) is 4.98 Å². The van der Waals surface area contributed by atoms with Crippen LogP contribution in [0.1, 0.15) is 25.7 Å². The van der Waals surface area contributed by atoms with E-state index < -0.39 is 5.97 Å². The fourth-order valence-electron chi connectivity index (χ4n) is 2.20. The van der Waals surface area contributed by atoms with Crippen molar-refractivity contribution in [3.8, 4) is 0 Å². The van der Waals surface area contributed by atoms with E-state index in [1.165, 1.54) is 6.33 Å². The highest BCUT2D eigenvalue weighted by atomic mass is 16.4. The minimum absolute atomic E-state index is 0.00523. The highest BCUT2D eigenvalue weighted by Gasteiger charge is 2.30. The summed E-state index contributed by atoms with van der Waals surface area (Å²) in [6, 6.07) is -0.00523. The molecule has 0 aromatic carbocycles. The van der Waals surface area contributed by atoms with Crippen molar-refractivity contribution >= 4 is 11.9 Å². The van der Waals surface area contributed by atoms with Crippen molar-refractivity contribution in [3.63, 3.8) is 0 Å². The van der Waals surface area contributed by atoms with Gasteiger partial charge in [-0.3, -0.25) is 14.3 Å². The molecule has 7 heteroatoms. The molecule has 98 valence electrons. The number of carboxylic acids is 1. The number of amides is 1. The van der Waals surface area contributed by atoms with Crippen molar-refractivity contribution in [1.82, 2.24) is 20.1 Å². The van der Waals surface area contributed by atoms with Crippen LogP contribution >= 0.6 is 0 Å². The molecule has 1 heterocycles. The van der Waals surface area contributed by atoms with Gasteiger partial charge in [-0.05, 0) is 19.3 Å². The van der Waals surface area contributed by atoms with Gasteiger partial charge in [0.1, 0.15) is 12.7 Å². The average Bonchev–Trinajstić information content (AvgIpc) is 2.96. The Balaban J connectivity index is 1.70. The van der Waals surface area contributed by atoms with Gasteiger partial charge >= 0.3 is 5.97 Å². The maximum atomic E-state index is 11.7. The van der Waals surface area contributed by atoms with Crippen molar-refractivity contribution in [3.05, 3.63) is 12.7 Å². The quantitative estimate of drug-likeness (QED) is 0.771. The van der Waals surface area contributed by atoms with E-state index in [9.17, 15) is 9.59 Å². The number of nitrogens with zero attached hydrogens (tertiary/aromatic N) is 3. The predicted molar refractivity (Wildman–Crippen MR) is 61.5 cm³/mol. The predicted octanol–water partition coefficient (Wildman–Crippen LogP) is 0.0377. The van der Waals surface area contributed by atoms with E-state index in [4.69, 9.17) is 5.11 Å². The molecule has 1 aromatic heterocycles. The number of rotatable bonds is 5. The molecule has 2 N–H and O–H groups in total. The van der Waals surface area contributed by atoms with Crippen molar-refractivity contribution in [2.45, 2.75) is 38.3 Å². The van der Waals surface area contributed by atoms with Crippen LogP contribution in [-0.4, -0.2) is 37.8 Å². The molecule has 2 atom stereocenters. The Kier molecular flexibility index (Phi) is 3.91. The van der Waals surface area contributed by atoms with Crippen LogP contribution in [-0.2, 0) is 16.1 Å². The number of aromatic nitrogens is 3. The van der Waals surface area contributed by atoms with E-state index in [2.05, 4.69) is 15.4 Å². The largest absolute Gasteiger partial charge is 0.481 e. The van der Waals surface area contributed by atoms with E-state index in [-0.39, 0.29) is 17.9 Å². The summed E-state index contributed by atoms with van der Waals surface area (Å²) in [5.41, 5.74) is 0. The summed E-state index contributed by atoms with van der Waals surface area (Å²) in [5, 5.41) is 15.6. The first-order chi connectivity index (χ1) is 8.65. The highest BCUT2D eigenvalue weighted by Crippen LogP contribution is 2.25. The molecule has 1 aliphatic rings. The summed E-state index contributed by atoms with van der Waals surface area (Å²) in [7, 11) is 0. The second-order valence-electron chi connectivity index (χ2n) is 4.52. The fourth-order valence-corrected chi connectivity index (χ4v) is 2.20. The fraction of sp³-hybridized carbons (Fsp3) is 0.636. The lowest BCUT2D eigenvalue weighted by molar-refractivity contribution is -0.141. The third-order valence-corrected chi connectivity index (χ3v) is 3.18. The average molecular weight is 252 g/mol. The van der Waals surface area contributed by atoms with Crippen LogP contribution in [0.5, 0.6) is 0 Å². The molecule has 1 aliphatic carbocycles. The molecule has 0 radical (unpaired) electrons. The van der Waals surface area contributed by atoms with Gasteiger partial charge in [-0.2, -0.15) is 5.10 Å². The molecule has 0 saturated heterocycles. The van der Waals surface area contributed by atoms with Crippen molar-refractivity contribution in [1.29, 1.82) is 0 Å². The second kappa shape index (κ2) is 5.61. The van der Waals surface area contributed by atoms with Gasteiger partial charge in [0.05, 0.1) is 12.5 Å². The number of hydrogen-bond donors (Lipinski definition) is 2. The second-order valence-corrected chi connectivity index (χ2v) is 4.52. The molecule has 1 fully saturated rings. The van der Waals surface area contributed by atoms with E-state index in [1.54, 1.807) is 11.0 Å². The minimum Gasteiger partial charge on any atom is -0.481 e. The molecule has 1 saturated carbocycles. The number of carboxylic acid groups (broad SMARTS) is 1. The summed E-state index contributed by atoms with van der Waals surface area (Å²) < 4.78 is 1.59. The van der Waals surface area contributed by atoms with Crippen LogP contribution in [0, 0.1) is 5.92 Å². The van der Waals surface area contributed by atoms with Gasteiger partial charge in [0.15, 0.2) is 0 Å². The van der Waals surface area contributed by atoms with Crippen molar-refractivity contribution in [2.24, 2.45) is 5.92 Å². The van der Waals surface area contributed by atoms with E-state index in [0.29, 0.717) is 25.8 Å². The zero-order chi connectivity index (χ0) is 13.0. The number of carbonyl (C=O) groups excluding carboxylic acids is 1. The van der Waals surface area contributed by atoms with Crippen molar-refractivity contribution < 1.29 is 14.7 Å². The Bertz CT molecular complexity index is 418. The Morgan fingerprint density at radius 2 is 2.28 bits per heavy atom. The maximum absolute atomic E-state index is 11.7. The van der Waals surface area contributed by atoms with Gasteiger partial charge in [-0.1, -0.05) is 0 Å². The first-order valence-electron chi connectivity index (χ1n) is 5.99. The SMILES string of the molecule is O=C(CCn1cncn1)NC1CCC(C(=O)O)C1. The number of aliphatic carboxylic acids is 1. The molecular weight excluding hydrogens is 236 g/mol. The van der Waals surface area contributed by atoms with Crippen LogP contribution in [0.2, 0.25) is 0 Å². The Morgan fingerprint density at radius 1 is 1.44 bits per heavy atom. The molecule has 0 aliphatic heterocycles. The van der Waals surface area contributed by atoms with Gasteiger partial charge in [0, 0.05) is 12.5 Å². The molecule has 1 amide bonds. The van der Waals surface area contributed by atoms with Gasteiger partial charge in [-0.15, -0.1) is 0 Å². The standard InChI is InChI=1S/C11H16N4O3/c16-10(3-4-15-7-12-6-13-15)14-9-2-1-8(5-9)11(17)18/h6-9H,1-5H2,(H,14,16)(H,17,18). The summed E-state index contributed by atoms with van der Waals surface area (Å²) in [5.74, 6) is -1.15. The normalized spacial score (nSPS) is 22.9. The molecule has 2 unspecified atom stereocenters. The maximum Gasteiger partial charge on any atom is 0.306 e. The molecule has 0 bridgehead atoms. The zero-order valence-corrected chi connectivity index (χ0v) is 9.95. The molecule has 1 aromatic rings. The van der Waals surface area contributed by atoms with Gasteiger partial charge in [0.25, 0.3) is 0 Å².